The highest BCUT2D eigenvalue weighted by Gasteiger charge is 2.27. The van der Waals surface area contributed by atoms with E-state index in [2.05, 4.69) is 0 Å². The Hall–Kier alpha value is -1.16. The molecule has 0 atom stereocenters. The zero-order valence-corrected chi connectivity index (χ0v) is 9.68. The molecule has 16 heavy (non-hydrogen) atoms. The lowest BCUT2D eigenvalue weighted by Crippen LogP contribution is -2.23. The summed E-state index contributed by atoms with van der Waals surface area (Å²) in [6.45, 7) is 3.58. The Morgan fingerprint density at radius 1 is 1.25 bits per heavy atom. The first-order chi connectivity index (χ1) is 7.48. The SMILES string of the molecule is CCC(O)(CC)c1cc(F)c(F)c(OC)c1. The number of benzene rings is 1. The summed E-state index contributed by atoms with van der Waals surface area (Å²) >= 11 is 0. The maximum atomic E-state index is 13.3. The lowest BCUT2D eigenvalue weighted by atomic mass is 9.88. The average molecular weight is 230 g/mol. The van der Waals surface area contributed by atoms with Crippen LogP contribution in [0.15, 0.2) is 12.1 Å². The van der Waals surface area contributed by atoms with E-state index in [4.69, 9.17) is 4.74 Å². The number of ether oxygens (including phenoxy) is 1. The summed E-state index contributed by atoms with van der Waals surface area (Å²) in [6.07, 6.45) is 0.857. The van der Waals surface area contributed by atoms with Gasteiger partial charge in [0.25, 0.3) is 0 Å². The van der Waals surface area contributed by atoms with Gasteiger partial charge in [0.05, 0.1) is 12.7 Å². The summed E-state index contributed by atoms with van der Waals surface area (Å²) in [5.41, 5.74) is -0.796. The third-order valence-corrected chi connectivity index (χ3v) is 2.92. The molecule has 0 fully saturated rings. The first-order valence-corrected chi connectivity index (χ1v) is 5.24. The van der Waals surface area contributed by atoms with Gasteiger partial charge in [-0.15, -0.1) is 0 Å². The van der Waals surface area contributed by atoms with Crippen LogP contribution in [0.4, 0.5) is 8.78 Å². The standard InChI is InChI=1S/C12H16F2O2/c1-4-12(15,5-2)8-6-9(13)11(14)10(7-8)16-3/h6-7,15H,4-5H2,1-3H3. The van der Waals surface area contributed by atoms with Gasteiger partial charge in [-0.05, 0) is 30.5 Å². The summed E-state index contributed by atoms with van der Waals surface area (Å²) in [5.74, 6) is -2.22. The maximum absolute atomic E-state index is 13.3. The van der Waals surface area contributed by atoms with Crippen LogP contribution in [0, 0.1) is 11.6 Å². The second kappa shape index (κ2) is 4.78. The molecule has 2 nitrogen and oxygen atoms in total. The van der Waals surface area contributed by atoms with E-state index in [0.717, 1.165) is 6.07 Å². The average Bonchev–Trinajstić information content (AvgIpc) is 2.31. The van der Waals surface area contributed by atoms with Gasteiger partial charge >= 0.3 is 0 Å². The summed E-state index contributed by atoms with van der Waals surface area (Å²) in [7, 11) is 1.26. The van der Waals surface area contributed by atoms with Crippen LogP contribution < -0.4 is 4.74 Å². The van der Waals surface area contributed by atoms with E-state index in [9.17, 15) is 13.9 Å². The van der Waals surface area contributed by atoms with E-state index >= 15 is 0 Å². The minimum Gasteiger partial charge on any atom is -0.494 e. The van der Waals surface area contributed by atoms with E-state index in [1.54, 1.807) is 13.8 Å². The van der Waals surface area contributed by atoms with Crippen molar-refractivity contribution >= 4 is 0 Å². The van der Waals surface area contributed by atoms with Gasteiger partial charge in [0, 0.05) is 0 Å². The van der Waals surface area contributed by atoms with Gasteiger partial charge in [0.2, 0.25) is 5.82 Å². The number of hydrogen-bond acceptors (Lipinski definition) is 2. The van der Waals surface area contributed by atoms with Crippen LogP contribution in [0.1, 0.15) is 32.3 Å². The van der Waals surface area contributed by atoms with E-state index in [1.165, 1.54) is 13.2 Å². The molecule has 1 rings (SSSR count). The monoisotopic (exact) mass is 230 g/mol. The van der Waals surface area contributed by atoms with Crippen molar-refractivity contribution in [2.24, 2.45) is 0 Å². The Bertz CT molecular complexity index is 374. The Labute approximate surface area is 93.9 Å². The lowest BCUT2D eigenvalue weighted by molar-refractivity contribution is 0.0277. The second-order valence-corrected chi connectivity index (χ2v) is 3.71. The van der Waals surface area contributed by atoms with Crippen LogP contribution in [0.25, 0.3) is 0 Å². The van der Waals surface area contributed by atoms with Gasteiger partial charge in [0.15, 0.2) is 11.6 Å². The Kier molecular flexibility index (Phi) is 3.86. The molecule has 0 heterocycles. The highest BCUT2D eigenvalue weighted by atomic mass is 19.2. The maximum Gasteiger partial charge on any atom is 0.200 e. The highest BCUT2D eigenvalue weighted by molar-refractivity contribution is 5.34. The zero-order valence-electron chi connectivity index (χ0n) is 9.68. The van der Waals surface area contributed by atoms with Crippen LogP contribution >= 0.6 is 0 Å². The molecule has 4 heteroatoms. The first kappa shape index (κ1) is 12.9. The van der Waals surface area contributed by atoms with Crippen LogP contribution in [0.3, 0.4) is 0 Å². The molecule has 0 bridgehead atoms. The number of aliphatic hydroxyl groups is 1. The minimum atomic E-state index is -1.14. The van der Waals surface area contributed by atoms with Gasteiger partial charge in [0.1, 0.15) is 0 Å². The molecule has 1 N–H and O–H groups in total. The van der Waals surface area contributed by atoms with Gasteiger partial charge in [-0.3, -0.25) is 0 Å². The van der Waals surface area contributed by atoms with Gasteiger partial charge in [-0.1, -0.05) is 13.8 Å². The van der Waals surface area contributed by atoms with Gasteiger partial charge in [-0.25, -0.2) is 4.39 Å². The Morgan fingerprint density at radius 3 is 2.25 bits per heavy atom. The van der Waals surface area contributed by atoms with Crippen molar-refractivity contribution in [3.8, 4) is 5.75 Å². The molecular formula is C12H16F2O2. The molecule has 0 saturated heterocycles. The molecule has 0 radical (unpaired) electrons. The van der Waals surface area contributed by atoms with Gasteiger partial charge < -0.3 is 9.84 Å². The Balaban J connectivity index is 3.30. The van der Waals surface area contributed by atoms with Crippen LogP contribution in [0.2, 0.25) is 0 Å². The molecule has 0 aliphatic heterocycles. The predicted octanol–water partition coefficient (Wildman–Crippen LogP) is 2.98. The highest BCUT2D eigenvalue weighted by Crippen LogP contribution is 2.33. The van der Waals surface area contributed by atoms with Crippen molar-refractivity contribution in [1.29, 1.82) is 0 Å². The third kappa shape index (κ3) is 2.16. The molecule has 0 aromatic heterocycles. The summed E-state index contributed by atoms with van der Waals surface area (Å²) in [5, 5.41) is 10.2. The number of methoxy groups -OCH3 is 1. The largest absolute Gasteiger partial charge is 0.494 e. The lowest BCUT2D eigenvalue weighted by Gasteiger charge is -2.26. The number of rotatable bonds is 4. The van der Waals surface area contributed by atoms with E-state index in [0.29, 0.717) is 18.4 Å². The Morgan fingerprint density at radius 2 is 1.81 bits per heavy atom. The normalized spacial score (nSPS) is 11.6. The van der Waals surface area contributed by atoms with Crippen molar-refractivity contribution in [3.05, 3.63) is 29.3 Å². The molecule has 0 aliphatic rings. The van der Waals surface area contributed by atoms with Crippen molar-refractivity contribution in [3.63, 3.8) is 0 Å². The molecule has 0 saturated carbocycles. The van der Waals surface area contributed by atoms with E-state index < -0.39 is 17.2 Å². The van der Waals surface area contributed by atoms with Crippen molar-refractivity contribution in [1.82, 2.24) is 0 Å². The molecular weight excluding hydrogens is 214 g/mol. The van der Waals surface area contributed by atoms with Crippen molar-refractivity contribution < 1.29 is 18.6 Å². The fourth-order valence-electron chi connectivity index (χ4n) is 1.64. The van der Waals surface area contributed by atoms with Crippen molar-refractivity contribution in [2.75, 3.05) is 7.11 Å². The van der Waals surface area contributed by atoms with Crippen LogP contribution in [0.5, 0.6) is 5.75 Å². The van der Waals surface area contributed by atoms with E-state index in [1.807, 2.05) is 0 Å². The molecule has 0 unspecified atom stereocenters. The number of halogens is 2. The molecule has 0 amide bonds. The summed E-state index contributed by atoms with van der Waals surface area (Å²) in [6, 6.07) is 2.36. The zero-order chi connectivity index (χ0) is 12.3. The quantitative estimate of drug-likeness (QED) is 0.861. The van der Waals surface area contributed by atoms with Gasteiger partial charge in [-0.2, -0.15) is 4.39 Å². The fraction of sp³-hybridized carbons (Fsp3) is 0.500. The molecule has 90 valence electrons. The molecule has 1 aromatic rings. The molecule has 0 spiro atoms. The van der Waals surface area contributed by atoms with E-state index in [-0.39, 0.29) is 5.75 Å². The minimum absolute atomic E-state index is 0.185. The number of hydrogen-bond donors (Lipinski definition) is 1. The molecule has 0 aliphatic carbocycles. The predicted molar refractivity (Wildman–Crippen MR) is 57.4 cm³/mol. The topological polar surface area (TPSA) is 29.5 Å². The third-order valence-electron chi connectivity index (χ3n) is 2.92. The fourth-order valence-corrected chi connectivity index (χ4v) is 1.64. The summed E-state index contributed by atoms with van der Waals surface area (Å²) < 4.78 is 31.2. The second-order valence-electron chi connectivity index (χ2n) is 3.71. The molecule has 1 aromatic carbocycles. The first-order valence-electron chi connectivity index (χ1n) is 5.24. The summed E-state index contributed by atoms with van der Waals surface area (Å²) in [4.78, 5) is 0. The van der Waals surface area contributed by atoms with Crippen LogP contribution in [-0.4, -0.2) is 12.2 Å². The van der Waals surface area contributed by atoms with Crippen molar-refractivity contribution in [2.45, 2.75) is 32.3 Å². The van der Waals surface area contributed by atoms with Crippen LogP contribution in [-0.2, 0) is 5.60 Å². The smallest absolute Gasteiger partial charge is 0.200 e.